The Morgan fingerprint density at radius 1 is 1.10 bits per heavy atom. The third kappa shape index (κ3) is 3.08. The fourth-order valence-corrected chi connectivity index (χ4v) is 3.74. The van der Waals surface area contributed by atoms with Crippen LogP contribution in [0.4, 0.5) is 5.69 Å². The molecule has 2 aromatic rings. The van der Waals surface area contributed by atoms with Crippen LogP contribution < -0.4 is 10.0 Å². The van der Waals surface area contributed by atoms with Gasteiger partial charge in [0.1, 0.15) is 0 Å². The highest BCUT2D eigenvalue weighted by atomic mass is 79.9. The summed E-state index contributed by atoms with van der Waals surface area (Å²) in [5.41, 5.74) is 2.59. The Balaban J connectivity index is 1.91. The highest BCUT2D eigenvalue weighted by Crippen LogP contribution is 2.27. The Bertz CT molecular complexity index is 809. The standard InChI is InChI=1S/C14H12BrClN2O2S/c15-13-4-2-11(6-14(13)16)18-21(19,20)12-3-1-9-7-17-8-10(9)5-12/h1-6,17-18H,7-8H2. The van der Waals surface area contributed by atoms with Gasteiger partial charge in [0.25, 0.3) is 10.0 Å². The molecular formula is C14H12BrClN2O2S. The van der Waals surface area contributed by atoms with Crippen LogP contribution in [0, 0.1) is 0 Å². The van der Waals surface area contributed by atoms with Crippen molar-refractivity contribution in [3.63, 3.8) is 0 Å². The molecule has 1 aliphatic rings. The summed E-state index contributed by atoms with van der Waals surface area (Å²) in [5.74, 6) is 0. The average molecular weight is 388 g/mol. The Morgan fingerprint density at radius 3 is 2.62 bits per heavy atom. The minimum absolute atomic E-state index is 0.254. The lowest BCUT2D eigenvalue weighted by atomic mass is 10.1. The molecule has 2 N–H and O–H groups in total. The number of rotatable bonds is 3. The molecule has 0 aliphatic carbocycles. The molecule has 0 atom stereocenters. The number of hydrogen-bond acceptors (Lipinski definition) is 3. The maximum atomic E-state index is 12.4. The van der Waals surface area contributed by atoms with E-state index in [1.165, 1.54) is 0 Å². The first-order chi connectivity index (χ1) is 9.95. The van der Waals surface area contributed by atoms with Crippen LogP contribution in [0.1, 0.15) is 11.1 Å². The molecule has 0 unspecified atom stereocenters. The summed E-state index contributed by atoms with van der Waals surface area (Å²) in [5, 5.41) is 3.64. The van der Waals surface area contributed by atoms with Gasteiger partial charge >= 0.3 is 0 Å². The molecule has 1 heterocycles. The maximum absolute atomic E-state index is 12.4. The molecule has 0 fully saturated rings. The van der Waals surface area contributed by atoms with Crippen LogP contribution in [0.3, 0.4) is 0 Å². The lowest BCUT2D eigenvalue weighted by molar-refractivity contribution is 0.601. The van der Waals surface area contributed by atoms with Crippen LogP contribution in [-0.4, -0.2) is 8.42 Å². The summed E-state index contributed by atoms with van der Waals surface area (Å²) in [7, 11) is -3.62. The van der Waals surface area contributed by atoms with E-state index in [0.717, 1.165) is 22.1 Å². The number of hydrogen-bond donors (Lipinski definition) is 2. The van der Waals surface area contributed by atoms with Crippen LogP contribution in [-0.2, 0) is 23.1 Å². The molecule has 0 saturated carbocycles. The van der Waals surface area contributed by atoms with Gasteiger partial charge in [-0.2, -0.15) is 0 Å². The summed E-state index contributed by atoms with van der Waals surface area (Å²) >= 11 is 9.25. The smallest absolute Gasteiger partial charge is 0.261 e. The number of fused-ring (bicyclic) bond motifs is 1. The molecule has 0 amide bonds. The lowest BCUT2D eigenvalue weighted by Gasteiger charge is -2.10. The van der Waals surface area contributed by atoms with E-state index in [2.05, 4.69) is 26.0 Å². The fraction of sp³-hybridized carbons (Fsp3) is 0.143. The Kier molecular flexibility index (Phi) is 3.96. The van der Waals surface area contributed by atoms with Gasteiger partial charge in [-0.1, -0.05) is 17.7 Å². The van der Waals surface area contributed by atoms with Crippen LogP contribution in [0.15, 0.2) is 45.8 Å². The Labute approximate surface area is 136 Å². The Hall–Kier alpha value is -1.08. The zero-order valence-corrected chi connectivity index (χ0v) is 14.0. The molecule has 2 aromatic carbocycles. The SMILES string of the molecule is O=S(=O)(Nc1ccc(Br)c(Cl)c1)c1ccc2c(c1)CNC2. The van der Waals surface area contributed by atoms with Gasteiger partial charge in [0, 0.05) is 17.6 Å². The molecule has 3 rings (SSSR count). The van der Waals surface area contributed by atoms with Crippen molar-refractivity contribution >= 4 is 43.2 Å². The van der Waals surface area contributed by atoms with Crippen LogP contribution in [0.2, 0.25) is 5.02 Å². The van der Waals surface area contributed by atoms with Gasteiger partial charge in [0.05, 0.1) is 15.6 Å². The van der Waals surface area contributed by atoms with Crippen LogP contribution in [0.5, 0.6) is 0 Å². The summed E-state index contributed by atoms with van der Waals surface area (Å²) < 4.78 is 28.1. The largest absolute Gasteiger partial charge is 0.309 e. The van der Waals surface area contributed by atoms with Gasteiger partial charge in [-0.05, 0) is 57.4 Å². The van der Waals surface area contributed by atoms with Crippen molar-refractivity contribution in [2.24, 2.45) is 0 Å². The summed E-state index contributed by atoms with van der Waals surface area (Å²) in [6.45, 7) is 1.48. The molecule has 21 heavy (non-hydrogen) atoms. The molecule has 0 radical (unpaired) electrons. The monoisotopic (exact) mass is 386 g/mol. The van der Waals surface area contributed by atoms with Gasteiger partial charge in [-0.3, -0.25) is 4.72 Å². The molecule has 4 nitrogen and oxygen atoms in total. The van der Waals surface area contributed by atoms with Crippen molar-refractivity contribution in [1.82, 2.24) is 5.32 Å². The average Bonchev–Trinajstić information content (AvgIpc) is 2.90. The second-order valence-corrected chi connectivity index (χ2v) is 7.71. The number of anilines is 1. The molecule has 0 spiro atoms. The van der Waals surface area contributed by atoms with E-state index < -0.39 is 10.0 Å². The van der Waals surface area contributed by atoms with E-state index in [9.17, 15) is 8.42 Å². The molecule has 7 heteroatoms. The fourth-order valence-electron chi connectivity index (χ4n) is 2.21. The van der Waals surface area contributed by atoms with Crippen molar-refractivity contribution in [3.8, 4) is 0 Å². The van der Waals surface area contributed by atoms with E-state index in [4.69, 9.17) is 11.6 Å². The summed E-state index contributed by atoms with van der Waals surface area (Å²) in [6.07, 6.45) is 0. The first-order valence-corrected chi connectivity index (χ1v) is 8.91. The van der Waals surface area contributed by atoms with E-state index in [-0.39, 0.29) is 4.90 Å². The zero-order valence-electron chi connectivity index (χ0n) is 10.9. The van der Waals surface area contributed by atoms with E-state index in [1.807, 2.05) is 6.07 Å². The minimum Gasteiger partial charge on any atom is -0.309 e. The van der Waals surface area contributed by atoms with Crippen LogP contribution in [0.25, 0.3) is 0 Å². The van der Waals surface area contributed by atoms with Crippen LogP contribution >= 0.6 is 27.5 Å². The molecule has 1 aliphatic heterocycles. The van der Waals surface area contributed by atoms with Crippen molar-refractivity contribution in [1.29, 1.82) is 0 Å². The zero-order chi connectivity index (χ0) is 15.0. The summed E-state index contributed by atoms with van der Waals surface area (Å²) in [6, 6.07) is 10.1. The molecular weight excluding hydrogens is 376 g/mol. The van der Waals surface area contributed by atoms with Gasteiger partial charge in [0.15, 0.2) is 0 Å². The first-order valence-electron chi connectivity index (χ1n) is 6.26. The predicted molar refractivity (Wildman–Crippen MR) is 86.9 cm³/mol. The first kappa shape index (κ1) is 14.8. The molecule has 110 valence electrons. The van der Waals surface area contributed by atoms with Crippen molar-refractivity contribution in [2.75, 3.05) is 4.72 Å². The van der Waals surface area contributed by atoms with Crippen molar-refractivity contribution in [2.45, 2.75) is 18.0 Å². The van der Waals surface area contributed by atoms with E-state index in [0.29, 0.717) is 17.3 Å². The number of nitrogens with one attached hydrogen (secondary N) is 2. The molecule has 0 bridgehead atoms. The predicted octanol–water partition coefficient (Wildman–Crippen LogP) is 3.51. The minimum atomic E-state index is -3.62. The normalized spacial score (nSPS) is 14.0. The lowest BCUT2D eigenvalue weighted by Crippen LogP contribution is -2.13. The molecule has 0 saturated heterocycles. The third-order valence-electron chi connectivity index (χ3n) is 3.29. The maximum Gasteiger partial charge on any atom is 0.261 e. The quantitative estimate of drug-likeness (QED) is 0.847. The van der Waals surface area contributed by atoms with Crippen molar-refractivity contribution in [3.05, 3.63) is 57.0 Å². The highest BCUT2D eigenvalue weighted by Gasteiger charge is 2.18. The second kappa shape index (κ2) is 5.61. The number of sulfonamides is 1. The molecule has 0 aromatic heterocycles. The van der Waals surface area contributed by atoms with Gasteiger partial charge in [0.2, 0.25) is 0 Å². The summed E-state index contributed by atoms with van der Waals surface area (Å²) in [4.78, 5) is 0.254. The number of benzene rings is 2. The third-order valence-corrected chi connectivity index (χ3v) is 5.90. The van der Waals surface area contributed by atoms with Gasteiger partial charge < -0.3 is 5.32 Å². The number of halogens is 2. The highest BCUT2D eigenvalue weighted by molar-refractivity contribution is 9.10. The Morgan fingerprint density at radius 2 is 1.86 bits per heavy atom. The van der Waals surface area contributed by atoms with E-state index >= 15 is 0 Å². The van der Waals surface area contributed by atoms with Crippen molar-refractivity contribution < 1.29 is 8.42 Å². The van der Waals surface area contributed by atoms with Gasteiger partial charge in [-0.25, -0.2) is 8.42 Å². The second-order valence-electron chi connectivity index (χ2n) is 4.77. The van der Waals surface area contributed by atoms with Gasteiger partial charge in [-0.15, -0.1) is 0 Å². The van der Waals surface area contributed by atoms with E-state index in [1.54, 1.807) is 30.3 Å². The topological polar surface area (TPSA) is 58.2 Å².